The van der Waals surface area contributed by atoms with Gasteiger partial charge >= 0.3 is 5.97 Å². The fourth-order valence-corrected chi connectivity index (χ4v) is 1.34. The van der Waals surface area contributed by atoms with Crippen LogP contribution in [0.4, 0.5) is 0 Å². The fraction of sp³-hybridized carbons (Fsp3) is 0.667. The Labute approximate surface area is 102 Å². The number of aliphatic hydroxyl groups is 1. The molecule has 1 amide bonds. The van der Waals surface area contributed by atoms with E-state index in [4.69, 9.17) is 0 Å². The molecule has 0 saturated carbocycles. The molecule has 0 rings (SSSR count). The minimum Gasteiger partial charge on any atom is -0.467 e. The molecular weight excluding hydrogens is 222 g/mol. The second kappa shape index (κ2) is 7.84. The molecule has 0 radical (unpaired) electrons. The molecule has 2 atom stereocenters. The first-order valence-electron chi connectivity index (χ1n) is 5.59. The Balaban J connectivity index is 4.39. The van der Waals surface area contributed by atoms with E-state index in [9.17, 15) is 14.7 Å². The Morgan fingerprint density at radius 2 is 2.06 bits per heavy atom. The summed E-state index contributed by atoms with van der Waals surface area (Å²) in [6.45, 7) is 7.30. The topological polar surface area (TPSA) is 75.6 Å². The molecule has 5 nitrogen and oxygen atoms in total. The van der Waals surface area contributed by atoms with Gasteiger partial charge in [-0.3, -0.25) is 4.79 Å². The molecule has 0 bridgehead atoms. The summed E-state index contributed by atoms with van der Waals surface area (Å²) >= 11 is 0. The van der Waals surface area contributed by atoms with Crippen molar-refractivity contribution in [2.45, 2.75) is 38.8 Å². The van der Waals surface area contributed by atoms with E-state index in [-0.39, 0.29) is 12.3 Å². The minimum absolute atomic E-state index is 0.201. The maximum atomic E-state index is 11.6. The standard InChI is InChI=1S/C12H21NO4/c1-5-6-9(12(16)17-4)13-11(15)10(14)7-8(2)3/h5,8-10,14H,1,6-7H2,2-4H3,(H,13,15)/t9-,10-/m1/s1. The van der Waals surface area contributed by atoms with Gasteiger partial charge < -0.3 is 15.2 Å². The number of aliphatic hydroxyl groups excluding tert-OH is 1. The molecule has 0 heterocycles. The Hall–Kier alpha value is -1.36. The van der Waals surface area contributed by atoms with Crippen molar-refractivity contribution < 1.29 is 19.4 Å². The molecule has 0 aliphatic carbocycles. The van der Waals surface area contributed by atoms with Crippen LogP contribution in [0.25, 0.3) is 0 Å². The molecule has 0 aliphatic heterocycles. The number of amides is 1. The zero-order valence-corrected chi connectivity index (χ0v) is 10.6. The van der Waals surface area contributed by atoms with Crippen LogP contribution in [0.5, 0.6) is 0 Å². The van der Waals surface area contributed by atoms with E-state index in [0.717, 1.165) is 0 Å². The molecule has 17 heavy (non-hydrogen) atoms. The van der Waals surface area contributed by atoms with Gasteiger partial charge in [-0.2, -0.15) is 0 Å². The fourth-order valence-electron chi connectivity index (χ4n) is 1.34. The highest BCUT2D eigenvalue weighted by atomic mass is 16.5. The van der Waals surface area contributed by atoms with Crippen molar-refractivity contribution in [1.82, 2.24) is 5.32 Å². The summed E-state index contributed by atoms with van der Waals surface area (Å²) in [4.78, 5) is 22.9. The number of methoxy groups -OCH3 is 1. The summed E-state index contributed by atoms with van der Waals surface area (Å²) in [5.41, 5.74) is 0. The molecule has 0 aliphatic rings. The van der Waals surface area contributed by atoms with Gasteiger partial charge in [0.05, 0.1) is 7.11 Å². The molecule has 0 fully saturated rings. The van der Waals surface area contributed by atoms with Crippen molar-refractivity contribution in [2.24, 2.45) is 5.92 Å². The monoisotopic (exact) mass is 243 g/mol. The van der Waals surface area contributed by atoms with Crippen LogP contribution in [0.2, 0.25) is 0 Å². The van der Waals surface area contributed by atoms with E-state index in [1.807, 2.05) is 13.8 Å². The van der Waals surface area contributed by atoms with Gasteiger partial charge in [0.25, 0.3) is 0 Å². The molecule has 98 valence electrons. The largest absolute Gasteiger partial charge is 0.467 e. The molecule has 2 N–H and O–H groups in total. The van der Waals surface area contributed by atoms with Gasteiger partial charge in [0, 0.05) is 0 Å². The number of nitrogens with one attached hydrogen (secondary N) is 1. The first-order valence-corrected chi connectivity index (χ1v) is 5.59. The van der Waals surface area contributed by atoms with Crippen LogP contribution in [-0.4, -0.2) is 36.2 Å². The van der Waals surface area contributed by atoms with Gasteiger partial charge in [0.2, 0.25) is 5.91 Å². The highest BCUT2D eigenvalue weighted by Crippen LogP contribution is 2.05. The lowest BCUT2D eigenvalue weighted by Crippen LogP contribution is -2.46. The quantitative estimate of drug-likeness (QED) is 0.508. The van der Waals surface area contributed by atoms with E-state index in [1.54, 1.807) is 0 Å². The zero-order valence-electron chi connectivity index (χ0n) is 10.6. The van der Waals surface area contributed by atoms with E-state index in [0.29, 0.717) is 6.42 Å². The van der Waals surface area contributed by atoms with E-state index in [2.05, 4.69) is 16.6 Å². The van der Waals surface area contributed by atoms with E-state index >= 15 is 0 Å². The summed E-state index contributed by atoms with van der Waals surface area (Å²) in [5, 5.41) is 12.0. The number of carbonyl (C=O) groups is 2. The van der Waals surface area contributed by atoms with Gasteiger partial charge in [0.1, 0.15) is 12.1 Å². The second-order valence-corrected chi connectivity index (χ2v) is 4.25. The maximum Gasteiger partial charge on any atom is 0.328 e. The van der Waals surface area contributed by atoms with Crippen LogP contribution in [0.15, 0.2) is 12.7 Å². The van der Waals surface area contributed by atoms with Gasteiger partial charge in [-0.1, -0.05) is 19.9 Å². The summed E-state index contributed by atoms with van der Waals surface area (Å²) in [7, 11) is 1.25. The molecule has 0 aromatic rings. The van der Waals surface area contributed by atoms with Crippen molar-refractivity contribution in [2.75, 3.05) is 7.11 Å². The van der Waals surface area contributed by atoms with Crippen LogP contribution in [-0.2, 0) is 14.3 Å². The van der Waals surface area contributed by atoms with Crippen LogP contribution in [0.3, 0.4) is 0 Å². The Morgan fingerprint density at radius 3 is 2.47 bits per heavy atom. The predicted octanol–water partition coefficient (Wildman–Crippen LogP) is 0.627. The summed E-state index contributed by atoms with van der Waals surface area (Å²) in [6.07, 6.45) is 1.03. The van der Waals surface area contributed by atoms with Crippen molar-refractivity contribution >= 4 is 11.9 Å². The van der Waals surface area contributed by atoms with Gasteiger partial charge in [0.15, 0.2) is 0 Å². The second-order valence-electron chi connectivity index (χ2n) is 4.25. The van der Waals surface area contributed by atoms with Crippen LogP contribution < -0.4 is 5.32 Å². The van der Waals surface area contributed by atoms with Gasteiger partial charge in [-0.15, -0.1) is 6.58 Å². The number of ether oxygens (including phenoxy) is 1. The smallest absolute Gasteiger partial charge is 0.328 e. The van der Waals surface area contributed by atoms with Crippen LogP contribution >= 0.6 is 0 Å². The number of rotatable bonds is 7. The molecule has 0 aromatic heterocycles. The highest BCUT2D eigenvalue weighted by molar-refractivity contribution is 5.86. The average molecular weight is 243 g/mol. The molecule has 0 spiro atoms. The lowest BCUT2D eigenvalue weighted by molar-refractivity contribution is -0.146. The summed E-state index contributed by atoms with van der Waals surface area (Å²) < 4.78 is 4.54. The number of carbonyl (C=O) groups excluding carboxylic acids is 2. The van der Waals surface area contributed by atoms with Crippen molar-refractivity contribution in [1.29, 1.82) is 0 Å². The molecule has 0 saturated heterocycles. The summed E-state index contributed by atoms with van der Waals surface area (Å²) in [6, 6.07) is -0.785. The Kier molecular flexibility index (Phi) is 7.21. The summed E-state index contributed by atoms with van der Waals surface area (Å²) in [5.74, 6) is -0.905. The minimum atomic E-state index is -1.10. The van der Waals surface area contributed by atoms with E-state index in [1.165, 1.54) is 13.2 Å². The molecular formula is C12H21NO4. The normalized spacial score (nSPS) is 13.9. The maximum absolute atomic E-state index is 11.6. The number of esters is 1. The van der Waals surface area contributed by atoms with Crippen molar-refractivity contribution in [3.05, 3.63) is 12.7 Å². The van der Waals surface area contributed by atoms with Crippen LogP contribution in [0.1, 0.15) is 26.7 Å². The molecule has 5 heteroatoms. The average Bonchev–Trinajstić information content (AvgIpc) is 2.26. The van der Waals surface area contributed by atoms with Crippen molar-refractivity contribution in [3.8, 4) is 0 Å². The van der Waals surface area contributed by atoms with Crippen LogP contribution in [0, 0.1) is 5.92 Å². The highest BCUT2D eigenvalue weighted by Gasteiger charge is 2.24. The lowest BCUT2D eigenvalue weighted by Gasteiger charge is -2.18. The molecule has 0 aromatic carbocycles. The first kappa shape index (κ1) is 15.6. The third-order valence-electron chi connectivity index (χ3n) is 2.20. The SMILES string of the molecule is C=CC[C@@H](NC(=O)[C@H](O)CC(C)C)C(=O)OC. The molecule has 0 unspecified atom stereocenters. The lowest BCUT2D eigenvalue weighted by atomic mass is 10.1. The number of hydrogen-bond donors (Lipinski definition) is 2. The predicted molar refractivity (Wildman–Crippen MR) is 64.2 cm³/mol. The third-order valence-corrected chi connectivity index (χ3v) is 2.20. The first-order chi connectivity index (χ1) is 7.92. The number of hydrogen-bond acceptors (Lipinski definition) is 4. The van der Waals surface area contributed by atoms with E-state index < -0.39 is 24.0 Å². The Morgan fingerprint density at radius 1 is 1.47 bits per heavy atom. The van der Waals surface area contributed by atoms with Crippen molar-refractivity contribution in [3.63, 3.8) is 0 Å². The Bertz CT molecular complexity index is 276. The zero-order chi connectivity index (χ0) is 13.4. The third kappa shape index (κ3) is 6.06. The van der Waals surface area contributed by atoms with Gasteiger partial charge in [-0.25, -0.2) is 4.79 Å². The van der Waals surface area contributed by atoms with Gasteiger partial charge in [-0.05, 0) is 18.8 Å².